The summed E-state index contributed by atoms with van der Waals surface area (Å²) in [5.41, 5.74) is 4.64. The SMILES string of the molecule is CC(F)C[C@H]1Cc2cc(F)ccc2Cc2ccccc21.CCC1CN(C)CCO1. The van der Waals surface area contributed by atoms with Crippen molar-refractivity contribution in [3.8, 4) is 0 Å². The maximum atomic E-state index is 13.5. The van der Waals surface area contributed by atoms with Gasteiger partial charge in [-0.25, -0.2) is 8.78 Å². The molecule has 1 heterocycles. The van der Waals surface area contributed by atoms with Gasteiger partial charge in [-0.05, 0) is 80.0 Å². The molecule has 0 spiro atoms. The summed E-state index contributed by atoms with van der Waals surface area (Å²) < 4.78 is 32.4. The molecule has 158 valence electrons. The minimum atomic E-state index is -0.844. The van der Waals surface area contributed by atoms with Crippen molar-refractivity contribution >= 4 is 0 Å². The lowest BCUT2D eigenvalue weighted by molar-refractivity contribution is -0.0206. The summed E-state index contributed by atoms with van der Waals surface area (Å²) in [6, 6.07) is 13.2. The highest BCUT2D eigenvalue weighted by Crippen LogP contribution is 2.35. The highest BCUT2D eigenvalue weighted by Gasteiger charge is 2.23. The van der Waals surface area contributed by atoms with Gasteiger partial charge in [0.15, 0.2) is 0 Å². The van der Waals surface area contributed by atoms with Crippen molar-refractivity contribution in [2.45, 2.75) is 57.7 Å². The average Bonchev–Trinajstić information content (AvgIpc) is 2.84. The molecule has 0 saturated carbocycles. The predicted molar refractivity (Wildman–Crippen MR) is 115 cm³/mol. The van der Waals surface area contributed by atoms with E-state index >= 15 is 0 Å². The van der Waals surface area contributed by atoms with Crippen molar-refractivity contribution in [1.29, 1.82) is 0 Å². The molecule has 2 nitrogen and oxygen atoms in total. The predicted octanol–water partition coefficient (Wildman–Crippen LogP) is 5.53. The lowest BCUT2D eigenvalue weighted by Crippen LogP contribution is -2.39. The zero-order chi connectivity index (χ0) is 20.8. The number of morpholine rings is 1. The fourth-order valence-corrected chi connectivity index (χ4v) is 4.35. The Labute approximate surface area is 173 Å². The summed E-state index contributed by atoms with van der Waals surface area (Å²) >= 11 is 0. The summed E-state index contributed by atoms with van der Waals surface area (Å²) in [6.45, 7) is 6.88. The molecule has 2 unspecified atom stereocenters. The van der Waals surface area contributed by atoms with E-state index in [1.54, 1.807) is 13.0 Å². The van der Waals surface area contributed by atoms with Crippen molar-refractivity contribution in [3.63, 3.8) is 0 Å². The van der Waals surface area contributed by atoms with Gasteiger partial charge in [0.2, 0.25) is 0 Å². The van der Waals surface area contributed by atoms with Gasteiger partial charge >= 0.3 is 0 Å². The molecule has 0 aromatic heterocycles. The van der Waals surface area contributed by atoms with Gasteiger partial charge in [-0.15, -0.1) is 0 Å². The first kappa shape index (κ1) is 21.9. The highest BCUT2D eigenvalue weighted by molar-refractivity contribution is 5.42. The van der Waals surface area contributed by atoms with Crippen LogP contribution in [0.1, 0.15) is 54.9 Å². The van der Waals surface area contributed by atoms with E-state index in [9.17, 15) is 8.78 Å². The number of benzene rings is 2. The highest BCUT2D eigenvalue weighted by atomic mass is 19.1. The number of hydrogen-bond acceptors (Lipinski definition) is 2. The topological polar surface area (TPSA) is 12.5 Å². The fraction of sp³-hybridized carbons (Fsp3) is 0.520. The van der Waals surface area contributed by atoms with E-state index in [0.29, 0.717) is 12.5 Å². The standard InChI is InChI=1S/C18H18F2.C7H15NO/c1-12(19)8-16-10-15-11-17(20)7-6-13(15)9-14-4-2-3-5-18(14)16;1-3-7-6-8(2)4-5-9-7/h2-7,11-12,16H,8-10H2,1H3;7H,3-6H2,1-2H3/t12?,16-;/m0./s1. The molecule has 0 bridgehead atoms. The van der Waals surface area contributed by atoms with Gasteiger partial charge < -0.3 is 9.64 Å². The minimum absolute atomic E-state index is 0.134. The Morgan fingerprint density at radius 2 is 1.93 bits per heavy atom. The summed E-state index contributed by atoms with van der Waals surface area (Å²) in [5, 5.41) is 0. The largest absolute Gasteiger partial charge is 0.376 e. The molecule has 0 amide bonds. The molecule has 0 N–H and O–H groups in total. The molecule has 29 heavy (non-hydrogen) atoms. The third-order valence-electron chi connectivity index (χ3n) is 5.92. The second kappa shape index (κ2) is 10.3. The summed E-state index contributed by atoms with van der Waals surface area (Å²) in [6.07, 6.45) is 2.81. The van der Waals surface area contributed by atoms with Gasteiger partial charge in [0.05, 0.1) is 18.9 Å². The van der Waals surface area contributed by atoms with Crippen molar-refractivity contribution in [3.05, 3.63) is 70.5 Å². The van der Waals surface area contributed by atoms with Crippen LogP contribution in [0.15, 0.2) is 42.5 Å². The van der Waals surface area contributed by atoms with Crippen LogP contribution in [0.25, 0.3) is 0 Å². The summed E-state index contributed by atoms with van der Waals surface area (Å²) in [4.78, 5) is 2.32. The molecule has 4 rings (SSSR count). The Balaban J connectivity index is 0.000000224. The van der Waals surface area contributed by atoms with E-state index in [1.807, 2.05) is 18.2 Å². The van der Waals surface area contributed by atoms with Gasteiger partial charge in [0, 0.05) is 13.1 Å². The summed E-state index contributed by atoms with van der Waals surface area (Å²) in [5.74, 6) is -0.0731. The fourth-order valence-electron chi connectivity index (χ4n) is 4.35. The lowest BCUT2D eigenvalue weighted by Gasteiger charge is -2.29. The van der Waals surface area contributed by atoms with Crippen LogP contribution in [0.4, 0.5) is 8.78 Å². The zero-order valence-electron chi connectivity index (χ0n) is 17.8. The molecule has 1 aliphatic heterocycles. The molecular formula is C25H33F2NO. The van der Waals surface area contributed by atoms with Crippen molar-refractivity contribution < 1.29 is 13.5 Å². The van der Waals surface area contributed by atoms with Gasteiger partial charge in [0.25, 0.3) is 0 Å². The third-order valence-corrected chi connectivity index (χ3v) is 5.92. The number of alkyl halides is 1. The lowest BCUT2D eigenvalue weighted by atomic mass is 9.87. The molecule has 1 fully saturated rings. The van der Waals surface area contributed by atoms with Gasteiger partial charge in [-0.2, -0.15) is 0 Å². The zero-order valence-corrected chi connectivity index (χ0v) is 17.8. The number of ether oxygens (including phenoxy) is 1. The van der Waals surface area contributed by atoms with E-state index in [2.05, 4.69) is 31.0 Å². The smallest absolute Gasteiger partial charge is 0.123 e. The van der Waals surface area contributed by atoms with Gasteiger partial charge in [-0.1, -0.05) is 37.3 Å². The average molecular weight is 402 g/mol. The van der Waals surface area contributed by atoms with Gasteiger partial charge in [0.1, 0.15) is 5.82 Å². The van der Waals surface area contributed by atoms with Crippen LogP contribution < -0.4 is 0 Å². The molecule has 1 aliphatic carbocycles. The number of halogens is 2. The normalized spacial score (nSPS) is 22.5. The monoisotopic (exact) mass is 401 g/mol. The van der Waals surface area contributed by atoms with Gasteiger partial charge in [-0.3, -0.25) is 0 Å². The Morgan fingerprint density at radius 3 is 2.62 bits per heavy atom. The molecular weight excluding hydrogens is 368 g/mol. The van der Waals surface area contributed by atoms with Crippen LogP contribution >= 0.6 is 0 Å². The van der Waals surface area contributed by atoms with Crippen LogP contribution in [0.2, 0.25) is 0 Å². The van der Waals surface area contributed by atoms with Crippen LogP contribution in [0.3, 0.4) is 0 Å². The molecule has 2 aromatic rings. The minimum Gasteiger partial charge on any atom is -0.376 e. The number of fused-ring (bicyclic) bond motifs is 2. The maximum Gasteiger partial charge on any atom is 0.123 e. The third kappa shape index (κ3) is 6.10. The van der Waals surface area contributed by atoms with E-state index in [-0.39, 0.29) is 11.7 Å². The van der Waals surface area contributed by atoms with Crippen LogP contribution in [0, 0.1) is 5.82 Å². The first-order valence-corrected chi connectivity index (χ1v) is 10.8. The number of nitrogens with zero attached hydrogens (tertiary/aromatic N) is 1. The number of likely N-dealkylation sites (N-methyl/N-ethyl adjacent to an activating group) is 1. The molecule has 2 aromatic carbocycles. The van der Waals surface area contributed by atoms with Crippen LogP contribution in [-0.2, 0) is 17.6 Å². The molecule has 0 radical (unpaired) electrons. The molecule has 1 saturated heterocycles. The number of rotatable bonds is 3. The first-order chi connectivity index (χ1) is 14.0. The summed E-state index contributed by atoms with van der Waals surface area (Å²) in [7, 11) is 2.14. The van der Waals surface area contributed by atoms with Crippen molar-refractivity contribution in [2.75, 3.05) is 26.7 Å². The van der Waals surface area contributed by atoms with E-state index < -0.39 is 6.17 Å². The van der Waals surface area contributed by atoms with Crippen LogP contribution in [0.5, 0.6) is 0 Å². The maximum absolute atomic E-state index is 13.5. The number of hydrogen-bond donors (Lipinski definition) is 0. The van der Waals surface area contributed by atoms with E-state index in [4.69, 9.17) is 4.74 Å². The van der Waals surface area contributed by atoms with E-state index in [0.717, 1.165) is 50.1 Å². The Kier molecular flexibility index (Phi) is 7.79. The second-order valence-corrected chi connectivity index (χ2v) is 8.37. The van der Waals surface area contributed by atoms with Crippen molar-refractivity contribution in [1.82, 2.24) is 4.90 Å². The first-order valence-electron chi connectivity index (χ1n) is 10.8. The van der Waals surface area contributed by atoms with Crippen molar-refractivity contribution in [2.24, 2.45) is 0 Å². The molecule has 3 atom stereocenters. The second-order valence-electron chi connectivity index (χ2n) is 8.37. The Morgan fingerprint density at radius 1 is 1.14 bits per heavy atom. The van der Waals surface area contributed by atoms with E-state index in [1.165, 1.54) is 17.2 Å². The molecule has 4 heteroatoms. The Bertz CT molecular complexity index is 792. The van der Waals surface area contributed by atoms with Crippen LogP contribution in [-0.4, -0.2) is 43.9 Å². The Hall–Kier alpha value is -1.78. The molecule has 2 aliphatic rings. The quantitative estimate of drug-likeness (QED) is 0.670.